The van der Waals surface area contributed by atoms with E-state index < -0.39 is 10.0 Å². The minimum atomic E-state index is -3.49. The minimum absolute atomic E-state index is 0.266. The molecule has 21 heavy (non-hydrogen) atoms. The molecule has 0 radical (unpaired) electrons. The first-order chi connectivity index (χ1) is 10.1. The van der Waals surface area contributed by atoms with Crippen LogP contribution in [0.1, 0.15) is 29.3 Å². The highest BCUT2D eigenvalue weighted by molar-refractivity contribution is 7.91. The zero-order valence-electron chi connectivity index (χ0n) is 12.0. The molecule has 2 aromatic rings. The Hall–Kier alpha value is -0.800. The fraction of sp³-hybridized carbons (Fsp3) is 0.462. The molecule has 0 saturated carbocycles. The van der Waals surface area contributed by atoms with Gasteiger partial charge in [0, 0.05) is 16.5 Å². The van der Waals surface area contributed by atoms with E-state index in [2.05, 4.69) is 15.0 Å². The first-order valence-corrected chi connectivity index (χ1v) is 9.89. The van der Waals surface area contributed by atoms with E-state index in [9.17, 15) is 8.42 Å². The molecule has 0 spiro atoms. The lowest BCUT2D eigenvalue weighted by molar-refractivity contribution is 0.551. The molecular weight excluding hydrogens is 326 g/mol. The van der Waals surface area contributed by atoms with Gasteiger partial charge in [0.15, 0.2) is 0 Å². The quantitative estimate of drug-likeness (QED) is 0.771. The molecule has 0 aliphatic rings. The summed E-state index contributed by atoms with van der Waals surface area (Å²) in [5.74, 6) is 0. The molecule has 0 bridgehead atoms. The van der Waals surface area contributed by atoms with Gasteiger partial charge < -0.3 is 5.32 Å². The van der Waals surface area contributed by atoms with Crippen molar-refractivity contribution in [2.24, 2.45) is 0 Å². The van der Waals surface area contributed by atoms with Gasteiger partial charge >= 0.3 is 0 Å². The average molecular weight is 346 g/mol. The molecule has 0 aromatic carbocycles. The summed E-state index contributed by atoms with van der Waals surface area (Å²) >= 11 is 2.79. The van der Waals surface area contributed by atoms with E-state index in [0.717, 1.165) is 22.9 Å². The van der Waals surface area contributed by atoms with Crippen molar-refractivity contribution in [3.63, 3.8) is 0 Å². The van der Waals surface area contributed by atoms with Crippen LogP contribution < -0.4 is 10.0 Å². The van der Waals surface area contributed by atoms with Crippen molar-refractivity contribution in [1.82, 2.24) is 15.0 Å². The monoisotopic (exact) mass is 345 g/mol. The fourth-order valence-corrected chi connectivity index (χ4v) is 5.35. The number of aromatic nitrogens is 1. The van der Waals surface area contributed by atoms with Crippen LogP contribution in [-0.4, -0.2) is 27.0 Å². The number of rotatable bonds is 8. The Balaban J connectivity index is 2.12. The molecule has 0 aliphatic heterocycles. The number of nitrogens with zero attached hydrogens (tertiary/aromatic N) is 1. The highest BCUT2D eigenvalue weighted by Gasteiger charge is 2.23. The standard InChI is InChI=1S/C13H19N3O2S3/c1-3-11(13-15-8-9-19-13)16-21(17,18)12-5-4-10(20-12)6-7-14-2/h4-5,8-9,11,14,16H,3,6-7H2,1-2H3. The molecule has 2 aromatic heterocycles. The Labute approximate surface area is 133 Å². The SMILES string of the molecule is CCC(NS(=O)(=O)c1ccc(CCNC)s1)c1nccs1. The number of thiophene rings is 1. The molecule has 0 aliphatic carbocycles. The Morgan fingerprint density at radius 1 is 1.38 bits per heavy atom. The second kappa shape index (κ2) is 7.46. The molecule has 0 saturated heterocycles. The van der Waals surface area contributed by atoms with E-state index in [-0.39, 0.29) is 6.04 Å². The molecule has 0 fully saturated rings. The molecule has 2 rings (SSSR count). The maximum atomic E-state index is 12.4. The summed E-state index contributed by atoms with van der Waals surface area (Å²) in [5, 5.41) is 5.71. The zero-order chi connectivity index (χ0) is 15.3. The summed E-state index contributed by atoms with van der Waals surface area (Å²) < 4.78 is 28.0. The summed E-state index contributed by atoms with van der Waals surface area (Å²) in [4.78, 5) is 5.26. The smallest absolute Gasteiger partial charge is 0.250 e. The maximum Gasteiger partial charge on any atom is 0.250 e. The Morgan fingerprint density at radius 2 is 2.19 bits per heavy atom. The zero-order valence-corrected chi connectivity index (χ0v) is 14.4. The van der Waals surface area contributed by atoms with Crippen LogP contribution in [0.2, 0.25) is 0 Å². The lowest BCUT2D eigenvalue weighted by Gasteiger charge is -2.13. The van der Waals surface area contributed by atoms with Crippen molar-refractivity contribution in [2.75, 3.05) is 13.6 Å². The number of thiazole rings is 1. The van der Waals surface area contributed by atoms with Crippen LogP contribution in [-0.2, 0) is 16.4 Å². The maximum absolute atomic E-state index is 12.4. The van der Waals surface area contributed by atoms with Gasteiger partial charge in [-0.15, -0.1) is 22.7 Å². The number of hydrogen-bond donors (Lipinski definition) is 2. The first-order valence-electron chi connectivity index (χ1n) is 6.72. The summed E-state index contributed by atoms with van der Waals surface area (Å²) in [6.45, 7) is 2.78. The second-order valence-electron chi connectivity index (χ2n) is 4.53. The third kappa shape index (κ3) is 4.33. The van der Waals surface area contributed by atoms with E-state index in [4.69, 9.17) is 0 Å². The molecule has 8 heteroatoms. The van der Waals surface area contributed by atoms with Crippen LogP contribution in [0.25, 0.3) is 0 Å². The van der Waals surface area contributed by atoms with Crippen molar-refractivity contribution in [1.29, 1.82) is 0 Å². The molecule has 1 atom stereocenters. The van der Waals surface area contributed by atoms with Crippen molar-refractivity contribution in [3.05, 3.63) is 33.6 Å². The van der Waals surface area contributed by atoms with E-state index in [1.165, 1.54) is 22.7 Å². The van der Waals surface area contributed by atoms with Crippen molar-refractivity contribution < 1.29 is 8.42 Å². The molecule has 2 N–H and O–H groups in total. The molecular formula is C13H19N3O2S3. The highest BCUT2D eigenvalue weighted by Crippen LogP contribution is 2.26. The van der Waals surface area contributed by atoms with Crippen LogP contribution in [0.5, 0.6) is 0 Å². The van der Waals surface area contributed by atoms with Gasteiger partial charge in [-0.05, 0) is 38.6 Å². The highest BCUT2D eigenvalue weighted by atomic mass is 32.2. The van der Waals surface area contributed by atoms with Gasteiger partial charge in [-0.25, -0.2) is 18.1 Å². The molecule has 1 unspecified atom stereocenters. The second-order valence-corrected chi connectivity index (χ2v) is 8.56. The predicted molar refractivity (Wildman–Crippen MR) is 87.4 cm³/mol. The largest absolute Gasteiger partial charge is 0.319 e. The number of hydrogen-bond acceptors (Lipinski definition) is 6. The third-order valence-corrected chi connectivity index (χ3v) is 6.98. The van der Waals surface area contributed by atoms with Gasteiger partial charge in [0.25, 0.3) is 10.0 Å². The lowest BCUT2D eigenvalue weighted by Crippen LogP contribution is -2.27. The van der Waals surface area contributed by atoms with Gasteiger partial charge in [0.1, 0.15) is 9.22 Å². The Morgan fingerprint density at radius 3 is 2.81 bits per heavy atom. The number of nitrogens with one attached hydrogen (secondary N) is 2. The van der Waals surface area contributed by atoms with E-state index in [1.807, 2.05) is 25.4 Å². The minimum Gasteiger partial charge on any atom is -0.319 e. The van der Waals surface area contributed by atoms with Gasteiger partial charge in [0.2, 0.25) is 0 Å². The summed E-state index contributed by atoms with van der Waals surface area (Å²) in [7, 11) is -1.61. The van der Waals surface area contributed by atoms with Gasteiger partial charge in [0.05, 0.1) is 6.04 Å². The predicted octanol–water partition coefficient (Wildman–Crippen LogP) is 2.40. The van der Waals surface area contributed by atoms with Crippen LogP contribution in [0.4, 0.5) is 0 Å². The normalized spacial score (nSPS) is 13.4. The van der Waals surface area contributed by atoms with E-state index >= 15 is 0 Å². The summed E-state index contributed by atoms with van der Waals surface area (Å²) in [6.07, 6.45) is 3.20. The van der Waals surface area contributed by atoms with Gasteiger partial charge in [-0.3, -0.25) is 0 Å². The van der Waals surface area contributed by atoms with E-state index in [0.29, 0.717) is 10.6 Å². The van der Waals surface area contributed by atoms with E-state index in [1.54, 1.807) is 12.3 Å². The number of likely N-dealkylation sites (N-methyl/N-ethyl adjacent to an activating group) is 1. The molecule has 0 amide bonds. The van der Waals surface area contributed by atoms with Crippen molar-refractivity contribution in [3.8, 4) is 0 Å². The van der Waals surface area contributed by atoms with Crippen LogP contribution in [0, 0.1) is 0 Å². The molecule has 2 heterocycles. The summed E-state index contributed by atoms with van der Waals surface area (Å²) in [6, 6.07) is 3.28. The topological polar surface area (TPSA) is 71.1 Å². The van der Waals surface area contributed by atoms with Crippen molar-refractivity contribution >= 4 is 32.7 Å². The van der Waals surface area contributed by atoms with Crippen LogP contribution >= 0.6 is 22.7 Å². The van der Waals surface area contributed by atoms with Crippen LogP contribution in [0.15, 0.2) is 27.9 Å². The fourth-order valence-electron chi connectivity index (χ4n) is 1.85. The molecule has 116 valence electrons. The van der Waals surface area contributed by atoms with Gasteiger partial charge in [-0.2, -0.15) is 0 Å². The lowest BCUT2D eigenvalue weighted by atomic mass is 10.3. The van der Waals surface area contributed by atoms with Gasteiger partial charge in [-0.1, -0.05) is 6.92 Å². The van der Waals surface area contributed by atoms with Crippen molar-refractivity contribution in [2.45, 2.75) is 30.0 Å². The molecule has 5 nitrogen and oxygen atoms in total. The first kappa shape index (κ1) is 16.6. The Kier molecular flexibility index (Phi) is 5.88. The van der Waals surface area contributed by atoms with Crippen LogP contribution in [0.3, 0.4) is 0 Å². The summed E-state index contributed by atoms with van der Waals surface area (Å²) in [5.41, 5.74) is 0. The number of sulfonamides is 1. The third-order valence-electron chi connectivity index (χ3n) is 2.98. The average Bonchev–Trinajstić information content (AvgIpc) is 3.13. The Bertz CT molecular complexity index is 650.